The van der Waals surface area contributed by atoms with Gasteiger partial charge in [0, 0.05) is 10.9 Å². The van der Waals surface area contributed by atoms with E-state index in [2.05, 4.69) is 6.58 Å². The van der Waals surface area contributed by atoms with Crippen molar-refractivity contribution < 1.29 is 33.4 Å². The van der Waals surface area contributed by atoms with E-state index in [0.29, 0.717) is 30.7 Å². The number of hydrogen-bond acceptors (Lipinski definition) is 7. The van der Waals surface area contributed by atoms with Gasteiger partial charge in [-0.1, -0.05) is 32.0 Å². The minimum absolute atomic E-state index is 0.0898. The standard InChI is InChI=1S/C27H27ClO7/c1-13-16-8-9-17-26-12-33-23(31)19(26)25(2,3)11-10-18(26)34-24(32)27(17,20(13)29)21(16)35-22(30)14-4-6-15(28)7-5-14/h4-7,16-19,21H,1,8-12H2,2-3H3/t16-,17-,18-,19+,21+,26+,27-/m0/s1. The minimum atomic E-state index is -1.72. The lowest BCUT2D eigenvalue weighted by molar-refractivity contribution is -0.244. The van der Waals surface area contributed by atoms with E-state index in [9.17, 15) is 19.2 Å². The summed E-state index contributed by atoms with van der Waals surface area (Å²) >= 11 is 5.95. The maximum Gasteiger partial charge on any atom is 0.338 e. The van der Waals surface area contributed by atoms with Crippen LogP contribution in [0.3, 0.4) is 0 Å². The summed E-state index contributed by atoms with van der Waals surface area (Å²) < 4.78 is 17.7. The predicted octanol–water partition coefficient (Wildman–Crippen LogP) is 3.92. The quantitative estimate of drug-likeness (QED) is 0.264. The summed E-state index contributed by atoms with van der Waals surface area (Å²) in [7, 11) is 0. The maximum atomic E-state index is 13.9. The van der Waals surface area contributed by atoms with E-state index >= 15 is 0 Å². The van der Waals surface area contributed by atoms with Gasteiger partial charge in [-0.2, -0.15) is 0 Å². The van der Waals surface area contributed by atoms with Gasteiger partial charge in [0.25, 0.3) is 0 Å². The number of benzene rings is 1. The fourth-order valence-corrected chi connectivity index (χ4v) is 8.18. The summed E-state index contributed by atoms with van der Waals surface area (Å²) in [5, 5.41) is 0.472. The molecule has 7 atom stereocenters. The molecule has 3 aliphatic carbocycles. The number of ether oxygens (including phenoxy) is 3. The summed E-state index contributed by atoms with van der Waals surface area (Å²) in [6.45, 7) is 8.16. The third-order valence-electron chi connectivity index (χ3n) is 9.46. The summed E-state index contributed by atoms with van der Waals surface area (Å²) in [5.41, 5.74) is -2.41. The van der Waals surface area contributed by atoms with Crippen LogP contribution >= 0.6 is 11.6 Å². The number of ketones is 1. The number of cyclic esters (lactones) is 1. The molecule has 6 rings (SSSR count). The fourth-order valence-electron chi connectivity index (χ4n) is 8.05. The van der Waals surface area contributed by atoms with Gasteiger partial charge in [0.15, 0.2) is 11.2 Å². The van der Waals surface area contributed by atoms with Crippen LogP contribution in [-0.2, 0) is 28.6 Å². The van der Waals surface area contributed by atoms with E-state index in [1.54, 1.807) is 12.1 Å². The van der Waals surface area contributed by atoms with Crippen molar-refractivity contribution >= 4 is 35.3 Å². The molecule has 0 aromatic heterocycles. The van der Waals surface area contributed by atoms with Gasteiger partial charge in [0.05, 0.1) is 16.9 Å². The first kappa shape index (κ1) is 22.8. The molecule has 1 aromatic rings. The first-order valence-electron chi connectivity index (χ1n) is 12.1. The Morgan fingerprint density at radius 2 is 1.83 bits per heavy atom. The Labute approximate surface area is 208 Å². The molecule has 2 aliphatic heterocycles. The van der Waals surface area contributed by atoms with Gasteiger partial charge in [0.1, 0.15) is 18.8 Å². The topological polar surface area (TPSA) is 96.0 Å². The lowest BCUT2D eigenvalue weighted by Crippen LogP contribution is -2.71. The van der Waals surface area contributed by atoms with Crippen molar-refractivity contribution in [1.29, 1.82) is 0 Å². The number of esters is 3. The van der Waals surface area contributed by atoms with Crippen molar-refractivity contribution in [2.75, 3.05) is 6.61 Å². The molecule has 5 fully saturated rings. The van der Waals surface area contributed by atoms with Crippen LogP contribution in [0, 0.1) is 34.0 Å². The van der Waals surface area contributed by atoms with Crippen LogP contribution in [-0.4, -0.2) is 42.5 Å². The SMILES string of the molecule is C=C1C(=O)[C@@]23C(=O)O[C@H]4CCC(C)(C)[C@H]5C(=O)OC[C@@]45[C@@H]2CC[C@@H]1[C@H]3OC(=O)c1ccc(Cl)cc1. The third kappa shape index (κ3) is 2.68. The summed E-state index contributed by atoms with van der Waals surface area (Å²) in [4.78, 5) is 53.9. The van der Waals surface area contributed by atoms with Gasteiger partial charge in [-0.3, -0.25) is 14.4 Å². The lowest BCUT2D eigenvalue weighted by atomic mass is 9.43. The highest BCUT2D eigenvalue weighted by Gasteiger charge is 2.81. The lowest BCUT2D eigenvalue weighted by Gasteiger charge is -2.61. The molecular weight excluding hydrogens is 472 g/mol. The van der Waals surface area contributed by atoms with Crippen LogP contribution < -0.4 is 0 Å². The summed E-state index contributed by atoms with van der Waals surface area (Å²) in [5.74, 6) is -3.61. The smallest absolute Gasteiger partial charge is 0.338 e. The Morgan fingerprint density at radius 1 is 1.11 bits per heavy atom. The molecule has 2 saturated heterocycles. The van der Waals surface area contributed by atoms with Crippen LogP contribution in [0.2, 0.25) is 5.02 Å². The maximum absolute atomic E-state index is 13.9. The van der Waals surface area contributed by atoms with E-state index in [0.717, 1.165) is 0 Å². The van der Waals surface area contributed by atoms with Gasteiger partial charge in [-0.05, 0) is 66.9 Å². The molecule has 3 saturated carbocycles. The van der Waals surface area contributed by atoms with Gasteiger partial charge < -0.3 is 14.2 Å². The van der Waals surface area contributed by atoms with Crippen molar-refractivity contribution in [2.45, 2.75) is 51.7 Å². The van der Waals surface area contributed by atoms with Crippen molar-refractivity contribution in [1.82, 2.24) is 0 Å². The molecule has 5 aliphatic rings. The van der Waals surface area contributed by atoms with Gasteiger partial charge in [-0.15, -0.1) is 0 Å². The largest absolute Gasteiger partial charge is 0.465 e. The van der Waals surface area contributed by atoms with Gasteiger partial charge in [0.2, 0.25) is 0 Å². The first-order chi connectivity index (χ1) is 16.5. The third-order valence-corrected chi connectivity index (χ3v) is 9.72. The average Bonchev–Trinajstić information content (AvgIpc) is 3.23. The van der Waals surface area contributed by atoms with E-state index < -0.39 is 58.5 Å². The normalized spacial score (nSPS) is 40.8. The van der Waals surface area contributed by atoms with Crippen molar-refractivity contribution in [3.8, 4) is 0 Å². The molecule has 7 nitrogen and oxygen atoms in total. The Balaban J connectivity index is 1.48. The van der Waals surface area contributed by atoms with Crippen LogP contribution in [0.5, 0.6) is 0 Å². The first-order valence-corrected chi connectivity index (χ1v) is 12.5. The minimum Gasteiger partial charge on any atom is -0.465 e. The number of rotatable bonds is 2. The molecular formula is C27H27ClO7. The zero-order valence-electron chi connectivity index (χ0n) is 19.7. The highest BCUT2D eigenvalue weighted by Crippen LogP contribution is 2.71. The summed E-state index contributed by atoms with van der Waals surface area (Å²) in [6, 6.07) is 6.23. The van der Waals surface area contributed by atoms with Crippen LogP contribution in [0.25, 0.3) is 0 Å². The molecule has 0 amide bonds. The molecule has 1 aromatic carbocycles. The van der Waals surface area contributed by atoms with Crippen molar-refractivity contribution in [3.63, 3.8) is 0 Å². The number of halogens is 1. The molecule has 184 valence electrons. The average molecular weight is 499 g/mol. The Morgan fingerprint density at radius 3 is 2.54 bits per heavy atom. The molecule has 0 radical (unpaired) electrons. The monoisotopic (exact) mass is 498 g/mol. The van der Waals surface area contributed by atoms with Crippen molar-refractivity contribution in [3.05, 3.63) is 47.0 Å². The molecule has 0 unspecified atom stereocenters. The summed E-state index contributed by atoms with van der Waals surface area (Å²) in [6.07, 6.45) is 0.767. The van der Waals surface area contributed by atoms with E-state index in [1.807, 2.05) is 13.8 Å². The number of fused-ring (bicyclic) bond motifs is 1. The molecule has 8 heteroatoms. The van der Waals surface area contributed by atoms with E-state index in [-0.39, 0.29) is 29.1 Å². The van der Waals surface area contributed by atoms with Gasteiger partial charge in [-0.25, -0.2) is 4.79 Å². The zero-order chi connectivity index (χ0) is 24.9. The second-order valence-electron chi connectivity index (χ2n) is 11.4. The van der Waals surface area contributed by atoms with Crippen LogP contribution in [0.1, 0.15) is 49.9 Å². The highest BCUT2D eigenvalue weighted by atomic mass is 35.5. The number of carbonyl (C=O) groups excluding carboxylic acids is 4. The number of hydrogen-bond donors (Lipinski definition) is 0. The zero-order valence-corrected chi connectivity index (χ0v) is 20.4. The fraction of sp³-hybridized carbons (Fsp3) is 0.556. The van der Waals surface area contributed by atoms with E-state index in [4.69, 9.17) is 25.8 Å². The molecule has 35 heavy (non-hydrogen) atoms. The number of carbonyl (C=O) groups is 4. The second kappa shape index (κ2) is 7.19. The Kier molecular flexibility index (Phi) is 4.68. The molecule has 2 bridgehead atoms. The Hall–Kier alpha value is -2.67. The Bertz CT molecular complexity index is 1190. The molecule has 2 heterocycles. The number of Topliss-reactive ketones (excluding diaryl/α,β-unsaturated/α-hetero) is 1. The van der Waals surface area contributed by atoms with Crippen molar-refractivity contribution in [2.24, 2.45) is 34.0 Å². The molecule has 0 N–H and O–H groups in total. The highest BCUT2D eigenvalue weighted by molar-refractivity contribution is 6.30. The predicted molar refractivity (Wildman–Crippen MR) is 123 cm³/mol. The van der Waals surface area contributed by atoms with E-state index in [1.165, 1.54) is 12.1 Å². The van der Waals surface area contributed by atoms with Crippen LogP contribution in [0.15, 0.2) is 36.4 Å². The second-order valence-corrected chi connectivity index (χ2v) is 11.8. The van der Waals surface area contributed by atoms with Gasteiger partial charge >= 0.3 is 17.9 Å². The molecule has 2 spiro atoms. The van der Waals surface area contributed by atoms with Crippen LogP contribution in [0.4, 0.5) is 0 Å².